The van der Waals surface area contributed by atoms with Crippen molar-refractivity contribution in [2.75, 3.05) is 7.11 Å². The topological polar surface area (TPSA) is 46.5 Å². The van der Waals surface area contributed by atoms with Crippen molar-refractivity contribution in [2.24, 2.45) is 0 Å². The highest BCUT2D eigenvalue weighted by molar-refractivity contribution is 6.06. The molecule has 0 unspecified atom stereocenters. The van der Waals surface area contributed by atoms with Crippen LogP contribution in [0.5, 0.6) is 11.5 Å². The van der Waals surface area contributed by atoms with Gasteiger partial charge in [0.05, 0.1) is 7.11 Å². The maximum absolute atomic E-state index is 11.9. The third-order valence-electron chi connectivity index (χ3n) is 3.00. The number of benzene rings is 2. The molecule has 3 heteroatoms. The minimum absolute atomic E-state index is 0.0986. The Labute approximate surface area is 118 Å². The van der Waals surface area contributed by atoms with Crippen molar-refractivity contribution in [1.82, 2.24) is 0 Å². The van der Waals surface area contributed by atoms with E-state index in [0.717, 1.165) is 16.9 Å². The molecule has 0 heterocycles. The van der Waals surface area contributed by atoms with Gasteiger partial charge < -0.3 is 9.84 Å². The van der Waals surface area contributed by atoms with Gasteiger partial charge in [0, 0.05) is 5.56 Å². The van der Waals surface area contributed by atoms with E-state index >= 15 is 0 Å². The minimum Gasteiger partial charge on any atom is -0.508 e. The Morgan fingerprint density at radius 2 is 1.85 bits per heavy atom. The molecule has 0 atom stereocenters. The second kappa shape index (κ2) is 6.06. The van der Waals surface area contributed by atoms with Crippen LogP contribution in [-0.2, 0) is 0 Å². The average molecular weight is 268 g/mol. The number of hydrogen-bond acceptors (Lipinski definition) is 3. The molecular formula is C17H16O3. The van der Waals surface area contributed by atoms with Crippen LogP contribution in [-0.4, -0.2) is 18.0 Å². The number of rotatable bonds is 4. The number of aromatic hydroxyl groups is 1. The van der Waals surface area contributed by atoms with E-state index in [1.54, 1.807) is 25.3 Å². The molecule has 0 aliphatic rings. The molecule has 0 saturated carbocycles. The Hall–Kier alpha value is -2.55. The SMILES string of the molecule is COc1ccc(/C=C/C(=O)c2ccc(O)cc2)cc1C. The second-order valence-corrected chi connectivity index (χ2v) is 4.47. The van der Waals surface area contributed by atoms with Crippen LogP contribution in [0.3, 0.4) is 0 Å². The number of carbonyl (C=O) groups excluding carboxylic acids is 1. The summed E-state index contributed by atoms with van der Waals surface area (Å²) in [7, 11) is 1.63. The van der Waals surface area contributed by atoms with Crippen molar-refractivity contribution in [2.45, 2.75) is 6.92 Å². The molecule has 3 nitrogen and oxygen atoms in total. The largest absolute Gasteiger partial charge is 0.508 e. The van der Waals surface area contributed by atoms with Gasteiger partial charge in [-0.05, 0) is 60.5 Å². The van der Waals surface area contributed by atoms with E-state index in [4.69, 9.17) is 4.74 Å². The van der Waals surface area contributed by atoms with Gasteiger partial charge in [-0.25, -0.2) is 0 Å². The fourth-order valence-electron chi connectivity index (χ4n) is 1.90. The standard InChI is InChI=1S/C17H16O3/c1-12-11-13(4-10-17(12)20-2)3-9-16(19)14-5-7-15(18)8-6-14/h3-11,18H,1-2H3/b9-3+. The highest BCUT2D eigenvalue weighted by Crippen LogP contribution is 2.19. The molecule has 0 fully saturated rings. The fraction of sp³-hybridized carbons (Fsp3) is 0.118. The Morgan fingerprint density at radius 3 is 2.45 bits per heavy atom. The summed E-state index contributed by atoms with van der Waals surface area (Å²) in [6, 6.07) is 11.9. The summed E-state index contributed by atoms with van der Waals surface area (Å²) in [6.07, 6.45) is 3.29. The van der Waals surface area contributed by atoms with E-state index in [-0.39, 0.29) is 11.5 Å². The van der Waals surface area contributed by atoms with Crippen molar-refractivity contribution >= 4 is 11.9 Å². The van der Waals surface area contributed by atoms with Crippen LogP contribution >= 0.6 is 0 Å². The normalized spacial score (nSPS) is 10.7. The molecule has 0 bridgehead atoms. The number of phenols is 1. The van der Waals surface area contributed by atoms with Crippen molar-refractivity contribution in [1.29, 1.82) is 0 Å². The van der Waals surface area contributed by atoms with E-state index < -0.39 is 0 Å². The smallest absolute Gasteiger partial charge is 0.185 e. The van der Waals surface area contributed by atoms with E-state index in [1.807, 2.05) is 25.1 Å². The Morgan fingerprint density at radius 1 is 1.15 bits per heavy atom. The Bertz CT molecular complexity index is 640. The zero-order valence-corrected chi connectivity index (χ0v) is 11.5. The molecule has 2 rings (SSSR count). The maximum atomic E-state index is 11.9. The lowest BCUT2D eigenvalue weighted by Gasteiger charge is -2.04. The van der Waals surface area contributed by atoms with Crippen molar-refractivity contribution in [3.63, 3.8) is 0 Å². The van der Waals surface area contributed by atoms with Gasteiger partial charge in [0.25, 0.3) is 0 Å². The summed E-state index contributed by atoms with van der Waals surface area (Å²) in [4.78, 5) is 11.9. The number of aryl methyl sites for hydroxylation is 1. The van der Waals surface area contributed by atoms with E-state index in [9.17, 15) is 9.90 Å². The fourth-order valence-corrected chi connectivity index (χ4v) is 1.90. The lowest BCUT2D eigenvalue weighted by atomic mass is 10.1. The number of hydrogen-bond donors (Lipinski definition) is 1. The van der Waals surface area contributed by atoms with E-state index in [2.05, 4.69) is 0 Å². The maximum Gasteiger partial charge on any atom is 0.185 e. The van der Waals surface area contributed by atoms with Crippen LogP contribution in [0.4, 0.5) is 0 Å². The zero-order valence-electron chi connectivity index (χ0n) is 11.5. The number of carbonyl (C=O) groups is 1. The summed E-state index contributed by atoms with van der Waals surface area (Å²) in [6.45, 7) is 1.96. The lowest BCUT2D eigenvalue weighted by molar-refractivity contribution is 0.104. The molecule has 0 aliphatic carbocycles. The predicted octanol–water partition coefficient (Wildman–Crippen LogP) is 3.61. The van der Waals surface area contributed by atoms with E-state index in [0.29, 0.717) is 5.56 Å². The van der Waals surface area contributed by atoms with Gasteiger partial charge in [-0.15, -0.1) is 0 Å². The molecule has 1 N–H and O–H groups in total. The zero-order chi connectivity index (χ0) is 14.5. The second-order valence-electron chi connectivity index (χ2n) is 4.47. The third-order valence-corrected chi connectivity index (χ3v) is 3.00. The van der Waals surface area contributed by atoms with Gasteiger partial charge >= 0.3 is 0 Å². The van der Waals surface area contributed by atoms with Crippen molar-refractivity contribution in [3.8, 4) is 11.5 Å². The molecule has 20 heavy (non-hydrogen) atoms. The number of allylic oxidation sites excluding steroid dienone is 1. The molecule has 102 valence electrons. The van der Waals surface area contributed by atoms with Crippen LogP contribution < -0.4 is 4.74 Å². The van der Waals surface area contributed by atoms with Crippen molar-refractivity contribution in [3.05, 3.63) is 65.2 Å². The van der Waals surface area contributed by atoms with Gasteiger partial charge in [0.15, 0.2) is 5.78 Å². The number of methoxy groups -OCH3 is 1. The first kappa shape index (κ1) is 13.9. The van der Waals surface area contributed by atoms with Crippen LogP contribution in [0.2, 0.25) is 0 Å². The summed E-state index contributed by atoms with van der Waals surface area (Å²) >= 11 is 0. The average Bonchev–Trinajstić information content (AvgIpc) is 2.45. The lowest BCUT2D eigenvalue weighted by Crippen LogP contribution is -1.93. The van der Waals surface area contributed by atoms with Gasteiger partial charge in [0.2, 0.25) is 0 Å². The third kappa shape index (κ3) is 3.26. The molecule has 0 saturated heterocycles. The van der Waals surface area contributed by atoms with Crippen molar-refractivity contribution < 1.29 is 14.6 Å². The molecule has 0 aromatic heterocycles. The molecule has 0 aliphatic heterocycles. The number of ketones is 1. The quantitative estimate of drug-likeness (QED) is 0.680. The van der Waals surface area contributed by atoms with Gasteiger partial charge in [-0.2, -0.15) is 0 Å². The van der Waals surface area contributed by atoms with Gasteiger partial charge in [-0.1, -0.05) is 12.1 Å². The highest BCUT2D eigenvalue weighted by Gasteiger charge is 2.02. The van der Waals surface area contributed by atoms with Crippen LogP contribution in [0.25, 0.3) is 6.08 Å². The first-order valence-corrected chi connectivity index (χ1v) is 6.26. The first-order chi connectivity index (χ1) is 9.60. The number of ether oxygens (including phenoxy) is 1. The van der Waals surface area contributed by atoms with Gasteiger partial charge in [-0.3, -0.25) is 4.79 Å². The molecule has 0 amide bonds. The first-order valence-electron chi connectivity index (χ1n) is 6.26. The summed E-state index contributed by atoms with van der Waals surface area (Å²) in [5.41, 5.74) is 2.51. The Kier molecular flexibility index (Phi) is 4.20. The predicted molar refractivity (Wildman–Crippen MR) is 79.2 cm³/mol. The summed E-state index contributed by atoms with van der Waals surface area (Å²) < 4.78 is 5.19. The summed E-state index contributed by atoms with van der Waals surface area (Å²) in [5, 5.41) is 9.19. The molecular weight excluding hydrogens is 252 g/mol. The highest BCUT2D eigenvalue weighted by atomic mass is 16.5. The monoisotopic (exact) mass is 268 g/mol. The number of phenolic OH excluding ortho intramolecular Hbond substituents is 1. The van der Waals surface area contributed by atoms with Crippen LogP contribution in [0.15, 0.2) is 48.5 Å². The summed E-state index contributed by atoms with van der Waals surface area (Å²) in [5.74, 6) is 0.877. The Balaban J connectivity index is 2.14. The molecule has 2 aromatic rings. The molecule has 0 radical (unpaired) electrons. The minimum atomic E-state index is -0.0986. The molecule has 0 spiro atoms. The van der Waals surface area contributed by atoms with E-state index in [1.165, 1.54) is 18.2 Å². The van der Waals surface area contributed by atoms with Crippen LogP contribution in [0.1, 0.15) is 21.5 Å². The molecule has 2 aromatic carbocycles. The van der Waals surface area contributed by atoms with Crippen LogP contribution in [0, 0.1) is 6.92 Å². The van der Waals surface area contributed by atoms with Gasteiger partial charge in [0.1, 0.15) is 11.5 Å².